The Hall–Kier alpha value is -2.84. The lowest BCUT2D eigenvalue weighted by Gasteiger charge is -2.31. The van der Waals surface area contributed by atoms with Crippen LogP contribution in [0.15, 0.2) is 48.5 Å². The number of phenolic OH excluding ortho intramolecular Hbond substituents is 1. The van der Waals surface area contributed by atoms with Crippen molar-refractivity contribution in [3.63, 3.8) is 0 Å². The molecular weight excluding hydrogens is 457 g/mol. The monoisotopic (exact) mass is 497 g/mol. The van der Waals surface area contributed by atoms with Crippen molar-refractivity contribution in [3.8, 4) is 5.75 Å². The second-order valence-corrected chi connectivity index (χ2v) is 10.6. The molecule has 0 spiro atoms. The lowest BCUT2D eigenvalue weighted by Crippen LogP contribution is -2.43. The third-order valence-electron chi connectivity index (χ3n) is 6.07. The molecule has 2 atom stereocenters. The van der Waals surface area contributed by atoms with Crippen LogP contribution in [-0.2, 0) is 27.2 Å². The van der Waals surface area contributed by atoms with Crippen LogP contribution in [0.1, 0.15) is 58.6 Å². The van der Waals surface area contributed by atoms with Crippen molar-refractivity contribution in [3.05, 3.63) is 59.7 Å². The summed E-state index contributed by atoms with van der Waals surface area (Å²) >= 11 is 0. The number of benzene rings is 2. The van der Waals surface area contributed by atoms with Crippen molar-refractivity contribution >= 4 is 24.5 Å². The topological polar surface area (TPSA) is 116 Å². The van der Waals surface area contributed by atoms with Crippen LogP contribution in [0, 0.1) is 17.8 Å². The minimum absolute atomic E-state index is 0.0680. The van der Waals surface area contributed by atoms with Crippen LogP contribution >= 0.6 is 0 Å². The Morgan fingerprint density at radius 2 is 1.50 bits per heavy atom. The molecule has 0 aliphatic rings. The Labute approximate surface area is 215 Å². The Morgan fingerprint density at radius 3 is 2.03 bits per heavy atom. The zero-order valence-electron chi connectivity index (χ0n) is 22.0. The highest BCUT2D eigenvalue weighted by Crippen LogP contribution is 2.29. The first-order chi connectivity index (χ1) is 16.9. The molecule has 2 aromatic rings. The van der Waals surface area contributed by atoms with E-state index >= 15 is 0 Å². The number of rotatable bonds is 12. The zero-order valence-corrected chi connectivity index (χ0v) is 22.0. The first-order valence-corrected chi connectivity index (χ1v) is 12.6. The lowest BCUT2D eigenvalue weighted by molar-refractivity contribution is -0.165. The largest absolute Gasteiger partial charge is 0.508 e. The molecule has 4 N–H and O–H groups in total. The summed E-state index contributed by atoms with van der Waals surface area (Å²) in [5, 5.41) is 31.0. The number of nitrogens with one attached hydrogen (secondary N) is 1. The lowest BCUT2D eigenvalue weighted by atomic mass is 9.79. The second-order valence-electron chi connectivity index (χ2n) is 10.6. The number of aromatic hydroxyl groups is 1. The van der Waals surface area contributed by atoms with Crippen molar-refractivity contribution in [2.75, 3.05) is 6.54 Å². The number of aryl methyl sites for hydroxylation is 1. The molecule has 0 radical (unpaired) electrons. The molecular formula is C28H40BNO6. The highest BCUT2D eigenvalue weighted by atomic mass is 16.6. The van der Waals surface area contributed by atoms with Crippen LogP contribution in [0.3, 0.4) is 0 Å². The van der Waals surface area contributed by atoms with Crippen molar-refractivity contribution in [2.24, 2.45) is 17.8 Å². The third-order valence-corrected chi connectivity index (χ3v) is 6.07. The van der Waals surface area contributed by atoms with E-state index in [1.165, 1.54) is 0 Å². The fraction of sp³-hybridized carbons (Fsp3) is 0.500. The Bertz CT molecular complexity index is 967. The highest BCUT2D eigenvalue weighted by molar-refractivity contribution is 6.58. The molecule has 0 saturated heterocycles. The molecule has 1 amide bonds. The van der Waals surface area contributed by atoms with Gasteiger partial charge in [0.05, 0.1) is 11.8 Å². The molecule has 0 fully saturated rings. The van der Waals surface area contributed by atoms with Gasteiger partial charge in [0, 0.05) is 6.54 Å². The van der Waals surface area contributed by atoms with Gasteiger partial charge in [-0.2, -0.15) is 0 Å². The summed E-state index contributed by atoms with van der Waals surface area (Å²) in [6, 6.07) is 13.9. The standard InChI is InChI=1S/C28H40BNO6/c1-19(2)25(26(32)30-18-17-21-9-13-22(14-10-21)29(34)35)24(27(33)36-28(3,4)5)8-6-7-20-11-15-23(31)16-12-20/h9-16,19,24-25,31,34-35H,6-8,17-18H2,1-5H3,(H,30,32)/t24-,25+/m0/s1. The van der Waals surface area contributed by atoms with Crippen molar-refractivity contribution in [1.82, 2.24) is 5.32 Å². The quantitative estimate of drug-likeness (QED) is 0.265. The maximum absolute atomic E-state index is 13.3. The number of hydrogen-bond donors (Lipinski definition) is 4. The molecule has 0 bridgehead atoms. The summed E-state index contributed by atoms with van der Waals surface area (Å²) in [6.45, 7) is 9.76. The minimum atomic E-state index is -1.51. The van der Waals surface area contributed by atoms with Gasteiger partial charge in [-0.3, -0.25) is 9.59 Å². The Balaban J connectivity index is 2.07. The van der Waals surface area contributed by atoms with Crippen LogP contribution in [0.2, 0.25) is 0 Å². The van der Waals surface area contributed by atoms with Crippen molar-refractivity contribution in [1.29, 1.82) is 0 Å². The fourth-order valence-corrected chi connectivity index (χ4v) is 4.26. The fourth-order valence-electron chi connectivity index (χ4n) is 4.26. The number of amides is 1. The van der Waals surface area contributed by atoms with Crippen LogP contribution in [0.25, 0.3) is 0 Å². The van der Waals surface area contributed by atoms with Gasteiger partial charge in [0.25, 0.3) is 0 Å². The molecule has 0 aliphatic heterocycles. The predicted octanol–water partition coefficient (Wildman–Crippen LogP) is 2.98. The zero-order chi connectivity index (χ0) is 26.9. The second kappa shape index (κ2) is 13.5. The van der Waals surface area contributed by atoms with Gasteiger partial charge in [-0.25, -0.2) is 0 Å². The summed E-state index contributed by atoms with van der Waals surface area (Å²) in [5.74, 6) is -1.50. The van der Waals surface area contributed by atoms with E-state index in [9.17, 15) is 24.7 Å². The number of phenols is 1. The van der Waals surface area contributed by atoms with Crippen molar-refractivity contribution < 1.29 is 29.5 Å². The first-order valence-electron chi connectivity index (χ1n) is 12.6. The molecule has 2 rings (SSSR count). The number of carbonyl (C=O) groups excluding carboxylic acids is 2. The molecule has 0 aliphatic carbocycles. The average molecular weight is 497 g/mol. The van der Waals surface area contributed by atoms with Gasteiger partial charge in [-0.05, 0) is 81.1 Å². The highest BCUT2D eigenvalue weighted by Gasteiger charge is 2.38. The Kier molecular flexibility index (Phi) is 11.0. The summed E-state index contributed by atoms with van der Waals surface area (Å²) in [4.78, 5) is 26.5. The van der Waals surface area contributed by atoms with Gasteiger partial charge in [0.1, 0.15) is 11.4 Å². The van der Waals surface area contributed by atoms with Gasteiger partial charge >= 0.3 is 13.1 Å². The summed E-state index contributed by atoms with van der Waals surface area (Å²) < 4.78 is 5.71. The van der Waals surface area contributed by atoms with Gasteiger partial charge in [-0.1, -0.05) is 50.2 Å². The molecule has 2 aromatic carbocycles. The molecule has 8 heteroatoms. The molecule has 196 valence electrons. The van der Waals surface area contributed by atoms with E-state index in [4.69, 9.17) is 4.74 Å². The van der Waals surface area contributed by atoms with E-state index in [1.807, 2.05) is 46.8 Å². The van der Waals surface area contributed by atoms with E-state index in [2.05, 4.69) is 5.32 Å². The number of hydrogen-bond acceptors (Lipinski definition) is 6. The number of esters is 1. The van der Waals surface area contributed by atoms with E-state index in [0.717, 1.165) is 17.5 Å². The predicted molar refractivity (Wildman–Crippen MR) is 142 cm³/mol. The molecule has 0 heterocycles. The molecule has 0 aromatic heterocycles. The normalized spacial score (nSPS) is 13.2. The van der Waals surface area contributed by atoms with E-state index in [0.29, 0.717) is 31.3 Å². The van der Waals surface area contributed by atoms with Gasteiger partial charge in [-0.15, -0.1) is 0 Å². The molecule has 36 heavy (non-hydrogen) atoms. The maximum atomic E-state index is 13.3. The van der Waals surface area contributed by atoms with E-state index in [-0.39, 0.29) is 23.5 Å². The number of ether oxygens (including phenoxy) is 1. The summed E-state index contributed by atoms with van der Waals surface area (Å²) in [5.41, 5.74) is 1.77. The van der Waals surface area contributed by atoms with E-state index in [1.54, 1.807) is 36.4 Å². The van der Waals surface area contributed by atoms with Gasteiger partial charge < -0.3 is 25.2 Å². The summed E-state index contributed by atoms with van der Waals surface area (Å²) in [7, 11) is -1.51. The van der Waals surface area contributed by atoms with Gasteiger partial charge in [0.15, 0.2) is 0 Å². The van der Waals surface area contributed by atoms with Crippen molar-refractivity contribution in [2.45, 2.75) is 65.9 Å². The van der Waals surface area contributed by atoms with Crippen LogP contribution in [0.5, 0.6) is 5.75 Å². The molecule has 0 unspecified atom stereocenters. The van der Waals surface area contributed by atoms with E-state index < -0.39 is 24.6 Å². The number of carbonyl (C=O) groups is 2. The minimum Gasteiger partial charge on any atom is -0.508 e. The first kappa shape index (κ1) is 29.4. The van der Waals surface area contributed by atoms with Crippen LogP contribution in [0.4, 0.5) is 0 Å². The maximum Gasteiger partial charge on any atom is 0.488 e. The average Bonchev–Trinajstić information content (AvgIpc) is 2.78. The smallest absolute Gasteiger partial charge is 0.488 e. The Morgan fingerprint density at radius 1 is 0.944 bits per heavy atom. The third kappa shape index (κ3) is 9.67. The SMILES string of the molecule is CC(C)[C@@H](C(=O)NCCc1ccc(B(O)O)cc1)[C@H](CCCc1ccc(O)cc1)C(=O)OC(C)(C)C. The summed E-state index contributed by atoms with van der Waals surface area (Å²) in [6.07, 6.45) is 2.52. The van der Waals surface area contributed by atoms with Gasteiger partial charge in [0.2, 0.25) is 5.91 Å². The molecule has 0 saturated carbocycles. The van der Waals surface area contributed by atoms with Crippen LogP contribution < -0.4 is 10.8 Å². The molecule has 7 nitrogen and oxygen atoms in total. The van der Waals surface area contributed by atoms with Crippen LogP contribution in [-0.4, -0.2) is 46.3 Å².